The number of carbonyl (C=O) groups is 2. The zero-order valence-corrected chi connectivity index (χ0v) is 16.6. The highest BCUT2D eigenvalue weighted by Crippen LogP contribution is 2.02. The summed E-state index contributed by atoms with van der Waals surface area (Å²) >= 11 is 0. The van der Waals surface area contributed by atoms with Crippen LogP contribution in [0.3, 0.4) is 0 Å². The zero-order chi connectivity index (χ0) is 19.3. The smallest absolute Gasteiger partial charge is 0.313 e. The van der Waals surface area contributed by atoms with E-state index in [1.54, 1.807) is 6.92 Å². The van der Waals surface area contributed by atoms with Crippen molar-refractivity contribution in [3.63, 3.8) is 0 Å². The Morgan fingerprint density at radius 3 is 1.65 bits per heavy atom. The molecule has 0 amide bonds. The molecule has 0 N–H and O–H groups in total. The summed E-state index contributed by atoms with van der Waals surface area (Å²) in [5.74, 6) is -0.875. The van der Waals surface area contributed by atoms with Crippen LogP contribution in [0.1, 0.15) is 84.5 Å². The van der Waals surface area contributed by atoms with E-state index in [1.165, 1.54) is 25.7 Å². The molecule has 3 nitrogen and oxygen atoms in total. The van der Waals surface area contributed by atoms with Crippen molar-refractivity contribution in [3.8, 4) is 0 Å². The quantitative estimate of drug-likeness (QED) is 0.143. The van der Waals surface area contributed by atoms with Gasteiger partial charge < -0.3 is 4.74 Å². The van der Waals surface area contributed by atoms with Gasteiger partial charge in [-0.15, -0.1) is 0 Å². The van der Waals surface area contributed by atoms with E-state index in [2.05, 4.69) is 60.3 Å². The number of esters is 2. The van der Waals surface area contributed by atoms with Gasteiger partial charge in [-0.05, 0) is 44.9 Å². The molecule has 0 spiro atoms. The van der Waals surface area contributed by atoms with Crippen LogP contribution in [0.15, 0.2) is 48.6 Å². The first-order valence-corrected chi connectivity index (χ1v) is 10.0. The highest BCUT2D eigenvalue weighted by atomic mass is 16.6. The van der Waals surface area contributed by atoms with Gasteiger partial charge in [-0.2, -0.15) is 0 Å². The largest absolute Gasteiger partial charge is 0.393 e. The number of allylic oxidation sites excluding steroid dienone is 8. The SMILES string of the molecule is CCCCC/C=C\C/C=C\C/C=C\C/C=C\CCCC(=O)OC(=O)CC. The molecule has 0 bridgehead atoms. The van der Waals surface area contributed by atoms with Crippen molar-refractivity contribution in [2.45, 2.75) is 84.5 Å². The van der Waals surface area contributed by atoms with Gasteiger partial charge in [0.25, 0.3) is 0 Å². The van der Waals surface area contributed by atoms with Crippen LogP contribution < -0.4 is 0 Å². The van der Waals surface area contributed by atoms with Gasteiger partial charge in [-0.3, -0.25) is 9.59 Å². The Hall–Kier alpha value is -1.90. The number of carbonyl (C=O) groups excluding carboxylic acids is 2. The third kappa shape index (κ3) is 18.4. The Kier molecular flexibility index (Phi) is 18.0. The first kappa shape index (κ1) is 24.1. The first-order valence-electron chi connectivity index (χ1n) is 10.0. The first-order chi connectivity index (χ1) is 12.7. The van der Waals surface area contributed by atoms with Gasteiger partial charge in [-0.1, -0.05) is 75.3 Å². The molecule has 0 fully saturated rings. The van der Waals surface area contributed by atoms with Crippen LogP contribution in [0.25, 0.3) is 0 Å². The molecule has 146 valence electrons. The average molecular weight is 361 g/mol. The number of unbranched alkanes of at least 4 members (excludes halogenated alkanes) is 4. The van der Waals surface area contributed by atoms with Gasteiger partial charge >= 0.3 is 11.9 Å². The minimum absolute atomic E-state index is 0.239. The van der Waals surface area contributed by atoms with Crippen molar-refractivity contribution in [1.29, 1.82) is 0 Å². The molecule has 0 atom stereocenters. The van der Waals surface area contributed by atoms with Crippen LogP contribution in [0.2, 0.25) is 0 Å². The second-order valence-electron chi connectivity index (χ2n) is 6.18. The number of hydrogen-bond donors (Lipinski definition) is 0. The number of hydrogen-bond acceptors (Lipinski definition) is 3. The molecule has 0 aliphatic rings. The molecule has 0 aromatic carbocycles. The lowest BCUT2D eigenvalue weighted by Gasteiger charge is -1.99. The van der Waals surface area contributed by atoms with E-state index in [0.717, 1.165) is 25.7 Å². The lowest BCUT2D eigenvalue weighted by molar-refractivity contribution is -0.159. The van der Waals surface area contributed by atoms with Gasteiger partial charge in [0.15, 0.2) is 0 Å². The van der Waals surface area contributed by atoms with E-state index in [-0.39, 0.29) is 6.42 Å². The maximum Gasteiger partial charge on any atom is 0.313 e. The summed E-state index contributed by atoms with van der Waals surface area (Å²) in [6.07, 6.45) is 27.5. The molecular weight excluding hydrogens is 324 g/mol. The van der Waals surface area contributed by atoms with E-state index in [0.29, 0.717) is 12.8 Å². The molecule has 0 heterocycles. The van der Waals surface area contributed by atoms with Crippen LogP contribution in [0.5, 0.6) is 0 Å². The second kappa shape index (κ2) is 19.4. The summed E-state index contributed by atoms with van der Waals surface area (Å²) in [6.45, 7) is 3.90. The zero-order valence-electron chi connectivity index (χ0n) is 16.6. The van der Waals surface area contributed by atoms with Gasteiger partial charge in [0, 0.05) is 12.8 Å². The molecular formula is C23H36O3. The maximum absolute atomic E-state index is 11.3. The monoisotopic (exact) mass is 360 g/mol. The van der Waals surface area contributed by atoms with Gasteiger partial charge in [0.2, 0.25) is 0 Å². The molecule has 0 unspecified atom stereocenters. The summed E-state index contributed by atoms with van der Waals surface area (Å²) in [5.41, 5.74) is 0. The topological polar surface area (TPSA) is 43.4 Å². The molecule has 0 aliphatic heterocycles. The van der Waals surface area contributed by atoms with Crippen LogP contribution in [0, 0.1) is 0 Å². The van der Waals surface area contributed by atoms with Crippen LogP contribution in [0.4, 0.5) is 0 Å². The predicted molar refractivity (Wildman–Crippen MR) is 110 cm³/mol. The Labute approximate surface area is 159 Å². The van der Waals surface area contributed by atoms with Crippen molar-refractivity contribution in [3.05, 3.63) is 48.6 Å². The van der Waals surface area contributed by atoms with Crippen molar-refractivity contribution < 1.29 is 14.3 Å². The second-order valence-corrected chi connectivity index (χ2v) is 6.18. The number of ether oxygens (including phenoxy) is 1. The summed E-state index contributed by atoms with van der Waals surface area (Å²) in [5, 5.41) is 0. The Bertz CT molecular complexity index is 470. The van der Waals surface area contributed by atoms with Gasteiger partial charge in [0.1, 0.15) is 0 Å². The van der Waals surface area contributed by atoms with E-state index in [1.807, 2.05) is 0 Å². The molecule has 0 saturated carbocycles. The molecule has 0 radical (unpaired) electrons. The lowest BCUT2D eigenvalue weighted by atomic mass is 10.2. The average Bonchev–Trinajstić information content (AvgIpc) is 2.64. The highest BCUT2D eigenvalue weighted by molar-refractivity contribution is 5.85. The molecule has 3 heteroatoms. The van der Waals surface area contributed by atoms with E-state index in [4.69, 9.17) is 0 Å². The Morgan fingerprint density at radius 2 is 1.15 bits per heavy atom. The highest BCUT2D eigenvalue weighted by Gasteiger charge is 2.06. The lowest BCUT2D eigenvalue weighted by Crippen LogP contribution is -2.10. The minimum Gasteiger partial charge on any atom is -0.393 e. The standard InChI is InChI=1S/C23H36O3/c1-3-5-6-7-8-9-10-11-12-13-14-15-16-17-18-19-20-21-23(25)26-22(24)4-2/h8-9,11-12,14-15,17-18H,3-7,10,13,16,19-21H2,1-2H3/b9-8-,12-11-,15-14-,18-17-. The maximum atomic E-state index is 11.3. The number of rotatable bonds is 15. The van der Waals surface area contributed by atoms with Crippen molar-refractivity contribution in [2.24, 2.45) is 0 Å². The van der Waals surface area contributed by atoms with Crippen molar-refractivity contribution in [2.75, 3.05) is 0 Å². The van der Waals surface area contributed by atoms with Gasteiger partial charge in [0.05, 0.1) is 0 Å². The van der Waals surface area contributed by atoms with Crippen molar-refractivity contribution in [1.82, 2.24) is 0 Å². The van der Waals surface area contributed by atoms with Crippen molar-refractivity contribution >= 4 is 11.9 Å². The summed E-state index contributed by atoms with van der Waals surface area (Å²) in [7, 11) is 0. The van der Waals surface area contributed by atoms with Crippen LogP contribution >= 0.6 is 0 Å². The molecule has 26 heavy (non-hydrogen) atoms. The van der Waals surface area contributed by atoms with E-state index < -0.39 is 11.9 Å². The fraction of sp³-hybridized carbons (Fsp3) is 0.565. The van der Waals surface area contributed by atoms with Crippen LogP contribution in [-0.4, -0.2) is 11.9 Å². The van der Waals surface area contributed by atoms with Crippen LogP contribution in [-0.2, 0) is 14.3 Å². The fourth-order valence-corrected chi connectivity index (χ4v) is 2.18. The molecule has 0 rings (SSSR count). The summed E-state index contributed by atoms with van der Waals surface area (Å²) in [4.78, 5) is 22.2. The fourth-order valence-electron chi connectivity index (χ4n) is 2.18. The molecule has 0 aromatic heterocycles. The predicted octanol–water partition coefficient (Wildman–Crippen LogP) is 6.61. The molecule has 0 saturated heterocycles. The third-order valence-corrected chi connectivity index (χ3v) is 3.73. The molecule has 0 aromatic rings. The van der Waals surface area contributed by atoms with E-state index in [9.17, 15) is 9.59 Å². The minimum atomic E-state index is -0.451. The van der Waals surface area contributed by atoms with E-state index >= 15 is 0 Å². The normalized spacial score (nSPS) is 12.1. The van der Waals surface area contributed by atoms with Gasteiger partial charge in [-0.25, -0.2) is 0 Å². The molecule has 0 aliphatic carbocycles. The summed E-state index contributed by atoms with van der Waals surface area (Å²) < 4.78 is 4.60. The Balaban J connectivity index is 3.51. The Morgan fingerprint density at radius 1 is 0.654 bits per heavy atom. The third-order valence-electron chi connectivity index (χ3n) is 3.73. The summed E-state index contributed by atoms with van der Waals surface area (Å²) in [6, 6.07) is 0.